The number of aromatic nitrogens is 1. The molecule has 0 atom stereocenters. The van der Waals surface area contributed by atoms with E-state index in [9.17, 15) is 36.0 Å². The Morgan fingerprint density at radius 3 is 2.08 bits per heavy atom. The molecule has 15 heteroatoms. The van der Waals surface area contributed by atoms with Crippen LogP contribution in [0.4, 0.5) is 18.0 Å². The summed E-state index contributed by atoms with van der Waals surface area (Å²) >= 11 is 0. The molecule has 1 aliphatic heterocycles. The van der Waals surface area contributed by atoms with Gasteiger partial charge in [0.15, 0.2) is 11.5 Å². The fourth-order valence-corrected chi connectivity index (χ4v) is 5.76. The fourth-order valence-electron chi connectivity index (χ4n) is 5.29. The standard InChI is InChI=1S/C34H27F3N2O9S/c1-33(2,3)47-32(42)39-22-16-20(45-18-19-10-6-5-7-11-19)14-15-21(22)27-23(39)17-26(28-29(27)31(41)38(4)30(28)40)46-24-12-8-9-13-25(24)48-49(43,44)34(35,36)37/h5-17H,18H2,1-4H3. The van der Waals surface area contributed by atoms with E-state index < -0.39 is 50.6 Å². The molecule has 11 nitrogen and oxygen atoms in total. The number of alkyl halides is 3. The molecule has 2 amide bonds. The molecule has 1 aliphatic rings. The van der Waals surface area contributed by atoms with Crippen LogP contribution < -0.4 is 13.7 Å². The molecule has 5 aromatic rings. The Hall–Kier alpha value is -5.57. The fraction of sp³-hybridized carbons (Fsp3) is 0.206. The van der Waals surface area contributed by atoms with Crippen molar-refractivity contribution in [2.24, 2.45) is 0 Å². The topological polar surface area (TPSA) is 130 Å². The summed E-state index contributed by atoms with van der Waals surface area (Å²) in [4.78, 5) is 41.8. The van der Waals surface area contributed by atoms with Gasteiger partial charge in [0, 0.05) is 30.0 Å². The molecule has 6 rings (SSSR count). The lowest BCUT2D eigenvalue weighted by Gasteiger charge is -2.20. The van der Waals surface area contributed by atoms with Gasteiger partial charge in [0.05, 0.1) is 22.2 Å². The van der Waals surface area contributed by atoms with Gasteiger partial charge in [-0.25, -0.2) is 9.36 Å². The van der Waals surface area contributed by atoms with Crippen LogP contribution in [0.3, 0.4) is 0 Å². The Morgan fingerprint density at radius 2 is 1.43 bits per heavy atom. The highest BCUT2D eigenvalue weighted by atomic mass is 32.2. The van der Waals surface area contributed by atoms with Crippen molar-refractivity contribution in [3.63, 3.8) is 0 Å². The van der Waals surface area contributed by atoms with Gasteiger partial charge in [0.2, 0.25) is 0 Å². The molecule has 0 unspecified atom stereocenters. The molecule has 0 saturated carbocycles. The third-order valence-electron chi connectivity index (χ3n) is 7.40. The summed E-state index contributed by atoms with van der Waals surface area (Å²) in [6.45, 7) is 5.17. The lowest BCUT2D eigenvalue weighted by atomic mass is 10.0. The number of amides is 2. The van der Waals surface area contributed by atoms with Crippen LogP contribution in [0, 0.1) is 0 Å². The second-order valence-electron chi connectivity index (χ2n) is 12.0. The van der Waals surface area contributed by atoms with Crippen molar-refractivity contribution in [2.45, 2.75) is 38.5 Å². The molecule has 0 N–H and O–H groups in total. The first-order chi connectivity index (χ1) is 23.0. The van der Waals surface area contributed by atoms with Crippen LogP contribution in [0.1, 0.15) is 47.1 Å². The number of imide groups is 1. The third kappa shape index (κ3) is 6.12. The largest absolute Gasteiger partial charge is 0.534 e. The van der Waals surface area contributed by atoms with Crippen LogP contribution in [-0.2, 0) is 21.5 Å². The number of hydrogen-bond acceptors (Lipinski definition) is 9. The van der Waals surface area contributed by atoms with E-state index in [1.807, 2.05) is 30.3 Å². The van der Waals surface area contributed by atoms with E-state index in [1.165, 1.54) is 29.8 Å². The number of carbonyl (C=O) groups is 3. The van der Waals surface area contributed by atoms with Crippen molar-refractivity contribution < 1.29 is 54.4 Å². The molecule has 0 spiro atoms. The molecule has 1 aromatic heterocycles. The number of benzene rings is 4. The Kier molecular flexibility index (Phi) is 8.05. The first-order valence-electron chi connectivity index (χ1n) is 14.6. The number of halogens is 3. The smallest absolute Gasteiger partial charge is 0.489 e. The highest BCUT2D eigenvalue weighted by Gasteiger charge is 2.49. The van der Waals surface area contributed by atoms with Crippen LogP contribution in [0.25, 0.3) is 21.8 Å². The summed E-state index contributed by atoms with van der Waals surface area (Å²) in [6.07, 6.45) is -0.858. The van der Waals surface area contributed by atoms with E-state index in [-0.39, 0.29) is 39.9 Å². The maximum atomic E-state index is 13.8. The maximum Gasteiger partial charge on any atom is 0.534 e. The van der Waals surface area contributed by atoms with E-state index in [0.29, 0.717) is 11.1 Å². The average molecular weight is 697 g/mol. The Morgan fingerprint density at radius 1 is 0.796 bits per heavy atom. The summed E-state index contributed by atoms with van der Waals surface area (Å²) in [6, 6.07) is 20.0. The van der Waals surface area contributed by atoms with Gasteiger partial charge in [0.1, 0.15) is 23.7 Å². The molecule has 254 valence electrons. The molecule has 0 bridgehead atoms. The summed E-state index contributed by atoms with van der Waals surface area (Å²) in [5, 5.41) is 0.580. The second kappa shape index (κ2) is 11.8. The van der Waals surface area contributed by atoms with Crippen LogP contribution in [0.5, 0.6) is 23.0 Å². The Labute approximate surface area is 277 Å². The number of ether oxygens (including phenoxy) is 3. The lowest BCUT2D eigenvalue weighted by molar-refractivity contribution is -0.0500. The van der Waals surface area contributed by atoms with Crippen molar-refractivity contribution >= 4 is 49.8 Å². The van der Waals surface area contributed by atoms with Crippen LogP contribution in [0.2, 0.25) is 0 Å². The Bertz CT molecular complexity index is 2280. The zero-order chi connectivity index (χ0) is 35.5. The number of nitrogens with zero attached hydrogens (tertiary/aromatic N) is 2. The number of carbonyl (C=O) groups excluding carboxylic acids is 3. The summed E-state index contributed by atoms with van der Waals surface area (Å²) < 4.78 is 86.3. The summed E-state index contributed by atoms with van der Waals surface area (Å²) in [5.41, 5.74) is -5.94. The van der Waals surface area contributed by atoms with Gasteiger partial charge < -0.3 is 18.4 Å². The van der Waals surface area contributed by atoms with Crippen LogP contribution in [-0.4, -0.2) is 53.9 Å². The van der Waals surface area contributed by atoms with Gasteiger partial charge >= 0.3 is 21.7 Å². The summed E-state index contributed by atoms with van der Waals surface area (Å²) in [7, 11) is -4.87. The predicted molar refractivity (Wildman–Crippen MR) is 170 cm³/mol. The molecular formula is C34H27F3N2O9S. The van der Waals surface area contributed by atoms with Gasteiger partial charge in [-0.3, -0.25) is 14.5 Å². The molecule has 0 aliphatic carbocycles. The number of rotatable bonds is 7. The third-order valence-corrected chi connectivity index (χ3v) is 8.37. The van der Waals surface area contributed by atoms with Gasteiger partial charge in [-0.2, -0.15) is 21.6 Å². The summed E-state index contributed by atoms with van der Waals surface area (Å²) in [5.74, 6) is -2.91. The Balaban J connectivity index is 1.57. The molecule has 4 aromatic carbocycles. The van der Waals surface area contributed by atoms with Crippen molar-refractivity contribution in [1.29, 1.82) is 0 Å². The van der Waals surface area contributed by atoms with Crippen molar-refractivity contribution in [3.8, 4) is 23.0 Å². The van der Waals surface area contributed by atoms with Crippen LogP contribution in [0.15, 0.2) is 78.9 Å². The lowest BCUT2D eigenvalue weighted by Crippen LogP contribution is -2.28. The van der Waals surface area contributed by atoms with E-state index in [2.05, 4.69) is 4.18 Å². The molecule has 2 heterocycles. The van der Waals surface area contributed by atoms with E-state index in [1.54, 1.807) is 39.0 Å². The zero-order valence-corrected chi connectivity index (χ0v) is 27.1. The SMILES string of the molecule is CN1C(=O)c2c(Oc3ccccc3OS(=O)(=O)C(F)(F)F)cc3c(c2C1=O)c1ccc(OCc2ccccc2)cc1n3C(=O)OC(C)(C)C. The van der Waals surface area contributed by atoms with E-state index >= 15 is 0 Å². The number of para-hydroxylation sites is 2. The molecule has 0 radical (unpaired) electrons. The zero-order valence-electron chi connectivity index (χ0n) is 26.3. The van der Waals surface area contributed by atoms with Crippen molar-refractivity contribution in [1.82, 2.24) is 9.47 Å². The monoisotopic (exact) mass is 696 g/mol. The highest BCUT2D eigenvalue weighted by Crippen LogP contribution is 2.45. The van der Waals surface area contributed by atoms with Crippen molar-refractivity contribution in [2.75, 3.05) is 7.05 Å². The first kappa shape index (κ1) is 33.3. The number of hydrogen-bond donors (Lipinski definition) is 0. The van der Waals surface area contributed by atoms with Gasteiger partial charge in [0.25, 0.3) is 11.8 Å². The first-order valence-corrected chi connectivity index (χ1v) is 16.0. The average Bonchev–Trinajstić information content (AvgIpc) is 3.46. The quantitative estimate of drug-likeness (QED) is 0.0971. The minimum Gasteiger partial charge on any atom is -0.489 e. The number of fused-ring (bicyclic) bond motifs is 5. The maximum absolute atomic E-state index is 13.8. The highest BCUT2D eigenvalue weighted by molar-refractivity contribution is 7.88. The normalized spacial score (nSPS) is 13.6. The molecule has 0 fully saturated rings. The van der Waals surface area contributed by atoms with Crippen molar-refractivity contribution in [3.05, 3.63) is 95.6 Å². The van der Waals surface area contributed by atoms with Gasteiger partial charge in [-0.05, 0) is 50.6 Å². The predicted octanol–water partition coefficient (Wildman–Crippen LogP) is 7.40. The van der Waals surface area contributed by atoms with Gasteiger partial charge in [-0.1, -0.05) is 42.5 Å². The molecule has 49 heavy (non-hydrogen) atoms. The minimum atomic E-state index is -6.11. The van der Waals surface area contributed by atoms with E-state index in [4.69, 9.17) is 14.2 Å². The van der Waals surface area contributed by atoms with E-state index in [0.717, 1.165) is 22.6 Å². The second-order valence-corrected chi connectivity index (χ2v) is 13.5. The molecule has 0 saturated heterocycles. The van der Waals surface area contributed by atoms with Gasteiger partial charge in [-0.15, -0.1) is 0 Å². The minimum absolute atomic E-state index is 0.0518. The molecular weight excluding hydrogens is 669 g/mol. The van der Waals surface area contributed by atoms with Crippen LogP contribution >= 0.6 is 0 Å².